The maximum absolute atomic E-state index is 15.0. The van der Waals surface area contributed by atoms with E-state index in [1.807, 2.05) is 68.6 Å². The van der Waals surface area contributed by atoms with Gasteiger partial charge in [0.2, 0.25) is 10.9 Å². The van der Waals surface area contributed by atoms with E-state index in [0.717, 1.165) is 60.9 Å². The first-order valence-electron chi connectivity index (χ1n) is 18.6. The number of carboxylic acid groups (broad SMARTS) is 1. The molecule has 0 saturated carbocycles. The molecule has 5 aromatic rings. The molecule has 0 unspecified atom stereocenters. The minimum absolute atomic E-state index is 0.0481. The number of carboxylic acids is 1. The monoisotopic (exact) mass is 821 g/mol. The number of hydrogen-bond donors (Lipinski definition) is 2. The number of aromatic carboxylic acids is 1. The quantitative estimate of drug-likeness (QED) is 0.115. The Labute approximate surface area is 337 Å². The Morgan fingerprint density at radius 2 is 1.66 bits per heavy atom. The molecule has 296 valence electrons. The summed E-state index contributed by atoms with van der Waals surface area (Å²) in [6, 6.07) is 10.8. The van der Waals surface area contributed by atoms with Crippen LogP contribution in [0.25, 0.3) is 22.0 Å². The average Bonchev–Trinajstić information content (AvgIpc) is 3.54. The molecule has 2 aliphatic heterocycles. The normalized spacial score (nSPS) is 15.2. The zero-order chi connectivity index (χ0) is 40.0. The number of thiol groups is 1. The molecular formula is C40H45Cl2N7O6S. The summed E-state index contributed by atoms with van der Waals surface area (Å²) < 4.78 is 34.6. The molecule has 0 spiro atoms. The first-order chi connectivity index (χ1) is 26.7. The van der Waals surface area contributed by atoms with E-state index in [4.69, 9.17) is 38.0 Å². The van der Waals surface area contributed by atoms with E-state index >= 15 is 0 Å². The second-order valence-electron chi connectivity index (χ2n) is 14.6. The van der Waals surface area contributed by atoms with Crippen molar-refractivity contribution in [2.75, 3.05) is 44.2 Å². The first kappa shape index (κ1) is 39.6. The summed E-state index contributed by atoms with van der Waals surface area (Å²) in [5, 5.41) is 17.0. The van der Waals surface area contributed by atoms with Gasteiger partial charge in [-0.1, -0.05) is 29.3 Å². The van der Waals surface area contributed by atoms with Crippen LogP contribution >= 0.6 is 23.2 Å². The fraction of sp³-hybridized carbons (Fsp3) is 0.400. The number of rotatable bonds is 11. The van der Waals surface area contributed by atoms with Crippen molar-refractivity contribution >= 4 is 62.7 Å². The zero-order valence-corrected chi connectivity index (χ0v) is 34.5. The predicted octanol–water partition coefficient (Wildman–Crippen LogP) is 6.38. The molecule has 56 heavy (non-hydrogen) atoms. The van der Waals surface area contributed by atoms with Gasteiger partial charge in [0.15, 0.2) is 0 Å². The number of aromatic nitrogens is 4. The number of nitrogens with zero attached hydrogens (tertiary/aromatic N) is 7. The number of pyridine rings is 1. The van der Waals surface area contributed by atoms with Crippen LogP contribution < -0.4 is 9.64 Å². The van der Waals surface area contributed by atoms with Crippen molar-refractivity contribution in [1.82, 2.24) is 28.5 Å². The Morgan fingerprint density at radius 1 is 0.946 bits per heavy atom. The van der Waals surface area contributed by atoms with E-state index in [2.05, 4.69) is 4.57 Å². The standard InChI is InChI=1S/C40H45Cl2N7O6S/c1-23-18-29(19-24(2)36(23)42)55-17-6-8-30-31-9-10-32(41)35(34-25(3)44-45(5)26(34)4)37(31)49-12-7-11-47(39(50)38(30)49)22-28-20-27(40(51)52)21-33(43-28)46-13-15-48(16-14-46)56(53)54/h9-10,18-21,56H,6-8,11-17,22H2,1-5H3,(H,51,52). The highest BCUT2D eigenvalue weighted by Crippen LogP contribution is 2.43. The molecule has 7 rings (SSSR count). The number of fused-ring (bicyclic) bond motifs is 3. The van der Waals surface area contributed by atoms with Crippen molar-refractivity contribution in [2.24, 2.45) is 7.05 Å². The van der Waals surface area contributed by atoms with Gasteiger partial charge in [-0.15, -0.1) is 0 Å². The third kappa shape index (κ3) is 7.59. The highest BCUT2D eigenvalue weighted by Gasteiger charge is 2.32. The van der Waals surface area contributed by atoms with Gasteiger partial charge >= 0.3 is 5.97 Å². The Morgan fingerprint density at radius 3 is 2.30 bits per heavy atom. The number of amides is 1. The molecule has 1 saturated heterocycles. The van der Waals surface area contributed by atoms with Crippen molar-refractivity contribution in [3.8, 4) is 16.9 Å². The maximum Gasteiger partial charge on any atom is 0.335 e. The predicted molar refractivity (Wildman–Crippen MR) is 218 cm³/mol. The lowest BCUT2D eigenvalue weighted by molar-refractivity contribution is 0.0696. The molecule has 0 bridgehead atoms. The highest BCUT2D eigenvalue weighted by molar-refractivity contribution is 7.69. The van der Waals surface area contributed by atoms with Crippen LogP contribution in [0.2, 0.25) is 10.0 Å². The first-order valence-corrected chi connectivity index (χ1v) is 20.5. The third-order valence-electron chi connectivity index (χ3n) is 10.9. The van der Waals surface area contributed by atoms with Gasteiger partial charge in [0, 0.05) is 73.5 Å². The fourth-order valence-electron chi connectivity index (χ4n) is 8.06. The Bertz CT molecular complexity index is 2420. The summed E-state index contributed by atoms with van der Waals surface area (Å²) >= 11 is 13.5. The molecule has 13 nitrogen and oxygen atoms in total. The number of carbonyl (C=O) groups excluding carboxylic acids is 1. The Balaban J connectivity index is 1.27. The molecule has 1 N–H and O–H groups in total. The van der Waals surface area contributed by atoms with Crippen LogP contribution in [-0.4, -0.2) is 93.3 Å². The average molecular weight is 823 g/mol. The number of piperazine rings is 1. The maximum atomic E-state index is 15.0. The summed E-state index contributed by atoms with van der Waals surface area (Å²) in [7, 11) is -0.791. The van der Waals surface area contributed by atoms with E-state index in [1.54, 1.807) is 4.90 Å². The molecule has 0 atom stereocenters. The minimum Gasteiger partial charge on any atom is -0.494 e. The van der Waals surface area contributed by atoms with Crippen LogP contribution in [0.4, 0.5) is 5.82 Å². The number of aryl methyl sites for hydroxylation is 6. The number of ether oxygens (including phenoxy) is 1. The smallest absolute Gasteiger partial charge is 0.335 e. The highest BCUT2D eigenvalue weighted by atomic mass is 35.5. The lowest BCUT2D eigenvalue weighted by atomic mass is 9.98. The summed E-state index contributed by atoms with van der Waals surface area (Å²) in [6.07, 6.45) is 1.81. The second kappa shape index (κ2) is 16.1. The SMILES string of the molecule is Cc1cc(OCCCc2c3n(c4c(-c5c(C)nn(C)c5C)c(Cl)ccc24)CCCN(Cc2cc(C(=O)O)cc(N4CCN([SH](=O)=O)CC4)n2)C3=O)cc(C)c1Cl. The van der Waals surface area contributed by atoms with E-state index < -0.39 is 16.9 Å². The zero-order valence-electron chi connectivity index (χ0n) is 32.1. The van der Waals surface area contributed by atoms with Crippen molar-refractivity contribution in [2.45, 2.75) is 60.0 Å². The molecule has 0 radical (unpaired) electrons. The molecule has 0 aliphatic carbocycles. The van der Waals surface area contributed by atoms with Crippen molar-refractivity contribution in [1.29, 1.82) is 0 Å². The number of halogens is 2. The Kier molecular flexibility index (Phi) is 11.4. The van der Waals surface area contributed by atoms with Gasteiger partial charge in [0.25, 0.3) is 5.91 Å². The van der Waals surface area contributed by atoms with Crippen molar-refractivity contribution in [3.63, 3.8) is 0 Å². The van der Waals surface area contributed by atoms with Crippen LogP contribution in [0.5, 0.6) is 5.75 Å². The minimum atomic E-state index is -2.70. The van der Waals surface area contributed by atoms with Crippen molar-refractivity contribution in [3.05, 3.63) is 91.5 Å². The number of anilines is 1. The molecular weight excluding hydrogens is 777 g/mol. The molecule has 1 fully saturated rings. The van der Waals surface area contributed by atoms with E-state index in [0.29, 0.717) is 74.3 Å². The molecule has 1 amide bonds. The van der Waals surface area contributed by atoms with Gasteiger partial charge in [-0.3, -0.25) is 9.48 Å². The van der Waals surface area contributed by atoms with Crippen LogP contribution in [-0.2, 0) is 37.4 Å². The van der Waals surface area contributed by atoms with Crippen LogP contribution in [0.3, 0.4) is 0 Å². The summed E-state index contributed by atoms with van der Waals surface area (Å²) in [5.74, 6) is -0.123. The summed E-state index contributed by atoms with van der Waals surface area (Å²) in [4.78, 5) is 35.7. The van der Waals surface area contributed by atoms with Gasteiger partial charge in [0.05, 0.1) is 40.6 Å². The number of benzene rings is 2. The lowest BCUT2D eigenvalue weighted by Crippen LogP contribution is -2.46. The third-order valence-corrected chi connectivity index (χ3v) is 12.6. The largest absolute Gasteiger partial charge is 0.494 e. The van der Waals surface area contributed by atoms with Crippen LogP contribution in [0.1, 0.15) is 67.5 Å². The van der Waals surface area contributed by atoms with Gasteiger partial charge in [-0.05, 0) is 94.0 Å². The number of carbonyl (C=O) groups is 2. The van der Waals surface area contributed by atoms with E-state index in [1.165, 1.54) is 16.4 Å². The molecule has 3 aromatic heterocycles. The lowest BCUT2D eigenvalue weighted by Gasteiger charge is -2.32. The molecule has 5 heterocycles. The van der Waals surface area contributed by atoms with Crippen LogP contribution in [0.15, 0.2) is 36.4 Å². The van der Waals surface area contributed by atoms with E-state index in [-0.39, 0.29) is 31.1 Å². The van der Waals surface area contributed by atoms with Gasteiger partial charge in [0.1, 0.15) is 17.3 Å². The molecule has 16 heteroatoms. The topological polar surface area (TPSA) is 143 Å². The summed E-state index contributed by atoms with van der Waals surface area (Å²) in [6.45, 7) is 10.7. The van der Waals surface area contributed by atoms with Crippen molar-refractivity contribution < 1.29 is 27.9 Å². The fourth-order valence-corrected chi connectivity index (χ4v) is 8.92. The van der Waals surface area contributed by atoms with Crippen LogP contribution in [0, 0.1) is 27.7 Å². The Hall–Kier alpha value is -4.63. The second-order valence-corrected chi connectivity index (χ2v) is 16.4. The van der Waals surface area contributed by atoms with E-state index in [9.17, 15) is 23.1 Å². The number of hydrogen-bond acceptors (Lipinski definition) is 8. The van der Waals surface area contributed by atoms with Gasteiger partial charge < -0.3 is 24.2 Å². The van der Waals surface area contributed by atoms with Gasteiger partial charge in [-0.2, -0.15) is 5.10 Å². The molecule has 2 aromatic carbocycles. The summed E-state index contributed by atoms with van der Waals surface area (Å²) in [5.41, 5.74) is 8.28. The van der Waals surface area contributed by atoms with Gasteiger partial charge in [-0.25, -0.2) is 22.5 Å². The molecule has 2 aliphatic rings.